The highest BCUT2D eigenvalue weighted by atomic mass is 32.1. The number of esters is 1. The summed E-state index contributed by atoms with van der Waals surface area (Å²) in [7, 11) is 0. The topological polar surface area (TPSA) is 93.5 Å². The normalized spacial score (nSPS) is 10.3. The Balaban J connectivity index is 1.85. The largest absolute Gasteiger partial charge is 0.462 e. The molecule has 0 fully saturated rings. The number of hydrogen-bond donors (Lipinski definition) is 2. The van der Waals surface area contributed by atoms with E-state index in [4.69, 9.17) is 17.0 Å². The van der Waals surface area contributed by atoms with E-state index in [-0.39, 0.29) is 17.4 Å². The van der Waals surface area contributed by atoms with E-state index in [0.29, 0.717) is 21.8 Å². The number of nitrogens with one attached hydrogen (secondary N) is 2. The summed E-state index contributed by atoms with van der Waals surface area (Å²) in [6.45, 7) is 3.66. The average Bonchev–Trinajstić information content (AvgIpc) is 3.14. The third-order valence-electron chi connectivity index (χ3n) is 4.18. The van der Waals surface area contributed by atoms with Gasteiger partial charge in [-0.25, -0.2) is 4.79 Å². The van der Waals surface area contributed by atoms with Gasteiger partial charge in [0.2, 0.25) is 0 Å². The van der Waals surface area contributed by atoms with Gasteiger partial charge in [0.25, 0.3) is 5.69 Å². The van der Waals surface area contributed by atoms with Crippen LogP contribution in [0.5, 0.6) is 0 Å². The molecule has 0 aliphatic rings. The van der Waals surface area contributed by atoms with E-state index in [1.54, 1.807) is 32.0 Å². The van der Waals surface area contributed by atoms with E-state index in [1.807, 2.05) is 30.3 Å². The standard InChI is InChI=1S/C21H19N3O4S2/c1-3-28-20(25)16-12-18(14-7-5-4-6-8-14)30-19(16)23-21(29)22-15-10-9-13(2)17(11-15)24(26)27/h4-12H,3H2,1-2H3,(H2,22,23,29). The number of nitrogens with zero attached hydrogens (tertiary/aromatic N) is 1. The summed E-state index contributed by atoms with van der Waals surface area (Å²) in [5.41, 5.74) is 2.37. The molecule has 2 N–H and O–H groups in total. The van der Waals surface area contributed by atoms with Crippen LogP contribution in [0.25, 0.3) is 10.4 Å². The summed E-state index contributed by atoms with van der Waals surface area (Å²) in [4.78, 5) is 24.0. The van der Waals surface area contributed by atoms with E-state index in [2.05, 4.69) is 10.6 Å². The van der Waals surface area contributed by atoms with Crippen molar-refractivity contribution < 1.29 is 14.5 Å². The lowest BCUT2D eigenvalue weighted by molar-refractivity contribution is -0.385. The lowest BCUT2D eigenvalue weighted by Crippen LogP contribution is -2.20. The van der Waals surface area contributed by atoms with Crippen LogP contribution in [-0.2, 0) is 4.74 Å². The fraction of sp³-hybridized carbons (Fsp3) is 0.143. The van der Waals surface area contributed by atoms with Crippen LogP contribution in [0.15, 0.2) is 54.6 Å². The van der Waals surface area contributed by atoms with Gasteiger partial charge >= 0.3 is 5.97 Å². The van der Waals surface area contributed by atoms with E-state index < -0.39 is 10.9 Å². The summed E-state index contributed by atoms with van der Waals surface area (Å²) in [5.74, 6) is -0.452. The van der Waals surface area contributed by atoms with Crippen molar-refractivity contribution in [2.75, 3.05) is 17.2 Å². The van der Waals surface area contributed by atoms with Crippen molar-refractivity contribution in [2.45, 2.75) is 13.8 Å². The molecular formula is C21H19N3O4S2. The van der Waals surface area contributed by atoms with Crippen LogP contribution in [0.1, 0.15) is 22.8 Å². The number of rotatable bonds is 6. The third-order valence-corrected chi connectivity index (χ3v) is 5.48. The van der Waals surface area contributed by atoms with Gasteiger partial charge in [-0.1, -0.05) is 36.4 Å². The van der Waals surface area contributed by atoms with Crippen molar-refractivity contribution in [2.24, 2.45) is 0 Å². The van der Waals surface area contributed by atoms with Crippen molar-refractivity contribution in [3.63, 3.8) is 0 Å². The molecule has 7 nitrogen and oxygen atoms in total. The van der Waals surface area contributed by atoms with Crippen molar-refractivity contribution in [3.8, 4) is 10.4 Å². The van der Waals surface area contributed by atoms with Crippen LogP contribution >= 0.6 is 23.6 Å². The third kappa shape index (κ3) is 5.00. The second-order valence-electron chi connectivity index (χ2n) is 6.28. The van der Waals surface area contributed by atoms with Crippen LogP contribution < -0.4 is 10.6 Å². The number of anilines is 2. The van der Waals surface area contributed by atoms with Gasteiger partial charge < -0.3 is 15.4 Å². The van der Waals surface area contributed by atoms with Crippen molar-refractivity contribution in [3.05, 3.63) is 75.8 Å². The maximum Gasteiger partial charge on any atom is 0.341 e. The van der Waals surface area contributed by atoms with Gasteiger partial charge in [-0.3, -0.25) is 10.1 Å². The van der Waals surface area contributed by atoms with Crippen LogP contribution in [0.2, 0.25) is 0 Å². The number of thiophene rings is 1. The SMILES string of the molecule is CCOC(=O)c1cc(-c2ccccc2)sc1NC(=S)Nc1ccc(C)c([N+](=O)[O-])c1. The predicted molar refractivity (Wildman–Crippen MR) is 123 cm³/mol. The minimum absolute atomic E-state index is 0.00231. The molecule has 30 heavy (non-hydrogen) atoms. The molecule has 154 valence electrons. The second kappa shape index (κ2) is 9.47. The van der Waals surface area contributed by atoms with Crippen molar-refractivity contribution in [1.82, 2.24) is 0 Å². The molecule has 3 rings (SSSR count). The van der Waals surface area contributed by atoms with Crippen molar-refractivity contribution >= 4 is 51.0 Å². The molecule has 0 saturated heterocycles. The summed E-state index contributed by atoms with van der Waals surface area (Å²) in [6, 6.07) is 16.2. The molecule has 9 heteroatoms. The zero-order chi connectivity index (χ0) is 21.7. The minimum atomic E-state index is -0.452. The van der Waals surface area contributed by atoms with Gasteiger partial charge in [-0.2, -0.15) is 0 Å². The first-order chi connectivity index (χ1) is 14.4. The van der Waals surface area contributed by atoms with Crippen LogP contribution in [0, 0.1) is 17.0 Å². The Morgan fingerprint density at radius 1 is 1.17 bits per heavy atom. The number of carbonyl (C=O) groups is 1. The second-order valence-corrected chi connectivity index (χ2v) is 7.74. The molecule has 1 aromatic heterocycles. The number of hydrogen-bond acceptors (Lipinski definition) is 6. The molecule has 2 aromatic carbocycles. The highest BCUT2D eigenvalue weighted by Crippen LogP contribution is 2.36. The molecule has 0 aliphatic heterocycles. The lowest BCUT2D eigenvalue weighted by Gasteiger charge is -2.11. The molecule has 0 unspecified atom stereocenters. The molecule has 0 amide bonds. The van der Waals surface area contributed by atoms with E-state index in [1.165, 1.54) is 17.4 Å². The molecule has 1 heterocycles. The molecule has 0 atom stereocenters. The van der Waals surface area contributed by atoms with E-state index >= 15 is 0 Å². The number of aryl methyl sites for hydroxylation is 1. The quantitative estimate of drug-likeness (QED) is 0.222. The lowest BCUT2D eigenvalue weighted by atomic mass is 10.1. The minimum Gasteiger partial charge on any atom is -0.462 e. The number of nitro groups is 1. The van der Waals surface area contributed by atoms with Gasteiger partial charge in [0.15, 0.2) is 5.11 Å². The Kier molecular flexibility index (Phi) is 6.76. The maximum absolute atomic E-state index is 12.4. The Bertz CT molecular complexity index is 1100. The Labute approximate surface area is 182 Å². The Hall–Kier alpha value is -3.30. The molecule has 0 spiro atoms. The van der Waals surface area contributed by atoms with Crippen molar-refractivity contribution in [1.29, 1.82) is 0 Å². The highest BCUT2D eigenvalue weighted by Gasteiger charge is 2.19. The summed E-state index contributed by atoms with van der Waals surface area (Å²) in [6.07, 6.45) is 0. The van der Waals surface area contributed by atoms with Crippen LogP contribution in [0.4, 0.5) is 16.4 Å². The fourth-order valence-electron chi connectivity index (χ4n) is 2.74. The van der Waals surface area contributed by atoms with Gasteiger partial charge in [0, 0.05) is 22.2 Å². The highest BCUT2D eigenvalue weighted by molar-refractivity contribution is 7.80. The predicted octanol–water partition coefficient (Wildman–Crippen LogP) is 5.62. The number of benzene rings is 2. The van der Waals surface area contributed by atoms with Gasteiger partial charge in [0.1, 0.15) is 5.00 Å². The van der Waals surface area contributed by atoms with Gasteiger partial charge in [-0.05, 0) is 43.8 Å². The monoisotopic (exact) mass is 441 g/mol. The van der Waals surface area contributed by atoms with E-state index in [0.717, 1.165) is 10.4 Å². The summed E-state index contributed by atoms with van der Waals surface area (Å²) < 4.78 is 5.16. The number of thiocarbonyl (C=S) groups is 1. The first-order valence-electron chi connectivity index (χ1n) is 9.08. The Morgan fingerprint density at radius 2 is 1.90 bits per heavy atom. The first kappa shape index (κ1) is 21.4. The summed E-state index contributed by atoms with van der Waals surface area (Å²) in [5, 5.41) is 17.8. The molecule has 0 aliphatic carbocycles. The number of carbonyl (C=O) groups excluding carboxylic acids is 1. The molecule has 3 aromatic rings. The fourth-order valence-corrected chi connectivity index (χ4v) is 4.08. The smallest absolute Gasteiger partial charge is 0.341 e. The summed E-state index contributed by atoms with van der Waals surface area (Å²) >= 11 is 6.73. The zero-order valence-corrected chi connectivity index (χ0v) is 17.9. The number of nitro benzene ring substituents is 1. The van der Waals surface area contributed by atoms with Crippen LogP contribution in [-0.4, -0.2) is 22.6 Å². The first-order valence-corrected chi connectivity index (χ1v) is 10.3. The van der Waals surface area contributed by atoms with Crippen LogP contribution in [0.3, 0.4) is 0 Å². The molecule has 0 saturated carbocycles. The molecular weight excluding hydrogens is 422 g/mol. The maximum atomic E-state index is 12.4. The molecule has 0 radical (unpaired) electrons. The Morgan fingerprint density at radius 3 is 2.57 bits per heavy atom. The number of ether oxygens (including phenoxy) is 1. The van der Waals surface area contributed by atoms with E-state index in [9.17, 15) is 14.9 Å². The van der Waals surface area contributed by atoms with Gasteiger partial charge in [0.05, 0.1) is 17.1 Å². The molecule has 0 bridgehead atoms. The average molecular weight is 442 g/mol. The zero-order valence-electron chi connectivity index (χ0n) is 16.3. The van der Waals surface area contributed by atoms with Gasteiger partial charge in [-0.15, -0.1) is 11.3 Å².